The molecule has 1 heterocycles. The van der Waals surface area contributed by atoms with Crippen molar-refractivity contribution in [2.75, 3.05) is 27.3 Å². The first kappa shape index (κ1) is 13.7. The predicted octanol–water partition coefficient (Wildman–Crippen LogP) is 0.587. The lowest BCUT2D eigenvalue weighted by molar-refractivity contribution is 0.0691. The van der Waals surface area contributed by atoms with Gasteiger partial charge >= 0.3 is 0 Å². The molecule has 96 valence electrons. The van der Waals surface area contributed by atoms with Gasteiger partial charge in [0.05, 0.1) is 12.7 Å². The Balaban J connectivity index is 2.71. The van der Waals surface area contributed by atoms with E-state index in [0.717, 1.165) is 0 Å². The normalized spacial score (nSPS) is 12.5. The van der Waals surface area contributed by atoms with E-state index in [1.807, 2.05) is 16.8 Å². The second kappa shape index (κ2) is 6.42. The van der Waals surface area contributed by atoms with Crippen LogP contribution in [0, 0.1) is 0 Å². The Morgan fingerprint density at radius 2 is 2.35 bits per heavy atom. The van der Waals surface area contributed by atoms with Gasteiger partial charge in [-0.15, -0.1) is 0 Å². The first-order valence-corrected chi connectivity index (χ1v) is 5.64. The highest BCUT2D eigenvalue weighted by Crippen LogP contribution is 2.06. The topological polar surface area (TPSA) is 54.7 Å². The smallest absolute Gasteiger partial charge is 0.270 e. The highest BCUT2D eigenvalue weighted by atomic mass is 16.5. The van der Waals surface area contributed by atoms with Crippen molar-refractivity contribution in [1.29, 1.82) is 0 Å². The van der Waals surface area contributed by atoms with Crippen molar-refractivity contribution >= 4 is 5.91 Å². The van der Waals surface area contributed by atoms with E-state index >= 15 is 0 Å². The fraction of sp³-hybridized carbons (Fsp3) is 0.583. The zero-order valence-corrected chi connectivity index (χ0v) is 10.6. The van der Waals surface area contributed by atoms with Crippen molar-refractivity contribution in [1.82, 2.24) is 9.47 Å². The predicted molar refractivity (Wildman–Crippen MR) is 64.9 cm³/mol. The van der Waals surface area contributed by atoms with E-state index in [-0.39, 0.29) is 5.91 Å². The van der Waals surface area contributed by atoms with E-state index in [1.54, 1.807) is 27.1 Å². The maximum Gasteiger partial charge on any atom is 0.270 e. The van der Waals surface area contributed by atoms with Crippen LogP contribution in [0.1, 0.15) is 17.4 Å². The summed E-state index contributed by atoms with van der Waals surface area (Å²) in [5, 5.41) is 9.26. The molecule has 0 aliphatic rings. The van der Waals surface area contributed by atoms with Crippen molar-refractivity contribution in [2.24, 2.45) is 0 Å². The van der Waals surface area contributed by atoms with Crippen LogP contribution in [0.4, 0.5) is 0 Å². The summed E-state index contributed by atoms with van der Waals surface area (Å²) in [4.78, 5) is 13.6. The summed E-state index contributed by atoms with van der Waals surface area (Å²) < 4.78 is 6.84. The molecule has 0 aliphatic carbocycles. The number of rotatable bonds is 6. The van der Waals surface area contributed by atoms with Crippen molar-refractivity contribution in [3.05, 3.63) is 24.0 Å². The number of nitrogens with zero attached hydrogens (tertiary/aromatic N) is 2. The number of aliphatic hydroxyl groups excluding tert-OH is 1. The lowest BCUT2D eigenvalue weighted by Gasteiger charge is -2.19. The Bertz CT molecular complexity index is 360. The summed E-state index contributed by atoms with van der Waals surface area (Å²) in [5.41, 5.74) is 0.616. The number of carbonyl (C=O) groups excluding carboxylic acids is 1. The Morgan fingerprint density at radius 3 is 2.94 bits per heavy atom. The van der Waals surface area contributed by atoms with E-state index in [9.17, 15) is 9.90 Å². The third kappa shape index (κ3) is 3.87. The van der Waals surface area contributed by atoms with Gasteiger partial charge in [0.15, 0.2) is 0 Å². The number of ether oxygens (including phenoxy) is 1. The van der Waals surface area contributed by atoms with Gasteiger partial charge in [0, 0.05) is 33.4 Å². The Labute approximate surface area is 102 Å². The molecule has 1 rings (SSSR count). The van der Waals surface area contributed by atoms with Crippen LogP contribution in [0.3, 0.4) is 0 Å². The zero-order chi connectivity index (χ0) is 12.8. The van der Waals surface area contributed by atoms with Gasteiger partial charge in [0.2, 0.25) is 0 Å². The fourth-order valence-electron chi connectivity index (χ4n) is 1.67. The zero-order valence-electron chi connectivity index (χ0n) is 10.6. The standard InChI is InChI=1S/C12H20N2O3/c1-10(15)9-13(2)12(16)11-5-4-6-14(11)7-8-17-3/h4-6,10,15H,7-9H2,1-3H3. The lowest BCUT2D eigenvalue weighted by atomic mass is 10.3. The van der Waals surface area contributed by atoms with Crippen LogP contribution >= 0.6 is 0 Å². The molecule has 0 aromatic carbocycles. The van der Waals surface area contributed by atoms with Crippen LogP contribution in [0.25, 0.3) is 0 Å². The molecule has 1 amide bonds. The highest BCUT2D eigenvalue weighted by molar-refractivity contribution is 5.92. The van der Waals surface area contributed by atoms with Crippen molar-refractivity contribution in [2.45, 2.75) is 19.6 Å². The van der Waals surface area contributed by atoms with E-state index < -0.39 is 6.10 Å². The van der Waals surface area contributed by atoms with Crippen LogP contribution in [0.5, 0.6) is 0 Å². The third-order valence-electron chi connectivity index (χ3n) is 2.47. The van der Waals surface area contributed by atoms with Gasteiger partial charge in [-0.1, -0.05) is 0 Å². The van der Waals surface area contributed by atoms with Crippen LogP contribution in [-0.4, -0.2) is 53.9 Å². The molecule has 0 aliphatic heterocycles. The molecule has 17 heavy (non-hydrogen) atoms. The van der Waals surface area contributed by atoms with Crippen LogP contribution in [0.15, 0.2) is 18.3 Å². The fourth-order valence-corrected chi connectivity index (χ4v) is 1.67. The Hall–Kier alpha value is -1.33. The number of methoxy groups -OCH3 is 1. The number of hydrogen-bond donors (Lipinski definition) is 1. The number of hydrogen-bond acceptors (Lipinski definition) is 3. The monoisotopic (exact) mass is 240 g/mol. The number of likely N-dealkylation sites (N-methyl/N-ethyl adjacent to an activating group) is 1. The second-order valence-electron chi connectivity index (χ2n) is 4.11. The molecule has 0 fully saturated rings. The quantitative estimate of drug-likeness (QED) is 0.791. The van der Waals surface area contributed by atoms with Gasteiger partial charge in [0.1, 0.15) is 5.69 Å². The van der Waals surface area contributed by atoms with E-state index in [4.69, 9.17) is 4.74 Å². The minimum absolute atomic E-state index is 0.0907. The molecule has 1 unspecified atom stereocenters. The van der Waals surface area contributed by atoms with Crippen molar-refractivity contribution in [3.63, 3.8) is 0 Å². The van der Waals surface area contributed by atoms with Crippen LogP contribution in [0.2, 0.25) is 0 Å². The van der Waals surface area contributed by atoms with Crippen LogP contribution < -0.4 is 0 Å². The van der Waals surface area contributed by atoms with Gasteiger partial charge in [-0.3, -0.25) is 4.79 Å². The number of aromatic nitrogens is 1. The average Bonchev–Trinajstić information content (AvgIpc) is 2.72. The summed E-state index contributed by atoms with van der Waals surface area (Å²) in [6.07, 6.45) is 1.33. The van der Waals surface area contributed by atoms with Gasteiger partial charge in [-0.2, -0.15) is 0 Å². The van der Waals surface area contributed by atoms with Crippen LogP contribution in [-0.2, 0) is 11.3 Å². The maximum atomic E-state index is 12.1. The lowest BCUT2D eigenvalue weighted by Crippen LogP contribution is -2.34. The second-order valence-corrected chi connectivity index (χ2v) is 4.11. The Morgan fingerprint density at radius 1 is 1.65 bits per heavy atom. The summed E-state index contributed by atoms with van der Waals surface area (Å²) in [6, 6.07) is 3.61. The van der Waals surface area contributed by atoms with Gasteiger partial charge in [0.25, 0.3) is 5.91 Å². The van der Waals surface area contributed by atoms with Gasteiger partial charge < -0.3 is 19.3 Å². The van der Waals surface area contributed by atoms with E-state index in [0.29, 0.717) is 25.4 Å². The molecule has 5 nitrogen and oxygen atoms in total. The summed E-state index contributed by atoms with van der Waals surface area (Å²) in [5.74, 6) is -0.0907. The third-order valence-corrected chi connectivity index (χ3v) is 2.47. The molecule has 0 saturated heterocycles. The molecule has 1 atom stereocenters. The molecule has 0 bridgehead atoms. The molecule has 1 N–H and O–H groups in total. The molecular weight excluding hydrogens is 220 g/mol. The van der Waals surface area contributed by atoms with Gasteiger partial charge in [-0.25, -0.2) is 0 Å². The molecule has 0 spiro atoms. The summed E-state index contributed by atoms with van der Waals surface area (Å²) in [6.45, 7) is 3.20. The minimum Gasteiger partial charge on any atom is -0.392 e. The molecule has 5 heteroatoms. The molecular formula is C12H20N2O3. The molecule has 1 aromatic heterocycles. The van der Waals surface area contributed by atoms with Gasteiger partial charge in [-0.05, 0) is 19.1 Å². The largest absolute Gasteiger partial charge is 0.392 e. The number of aliphatic hydroxyl groups is 1. The minimum atomic E-state index is -0.522. The summed E-state index contributed by atoms with van der Waals surface area (Å²) in [7, 11) is 3.31. The maximum absolute atomic E-state index is 12.1. The first-order valence-electron chi connectivity index (χ1n) is 5.64. The molecule has 0 radical (unpaired) electrons. The van der Waals surface area contributed by atoms with E-state index in [1.165, 1.54) is 4.90 Å². The Kier molecular flexibility index (Phi) is 5.18. The van der Waals surface area contributed by atoms with Crippen molar-refractivity contribution in [3.8, 4) is 0 Å². The molecule has 0 saturated carbocycles. The highest BCUT2D eigenvalue weighted by Gasteiger charge is 2.16. The summed E-state index contributed by atoms with van der Waals surface area (Å²) >= 11 is 0. The SMILES string of the molecule is COCCn1cccc1C(=O)N(C)CC(C)O. The molecule has 1 aromatic rings. The number of carbonyl (C=O) groups is 1. The average molecular weight is 240 g/mol. The van der Waals surface area contributed by atoms with Crippen molar-refractivity contribution < 1.29 is 14.6 Å². The van der Waals surface area contributed by atoms with E-state index in [2.05, 4.69) is 0 Å². The first-order chi connectivity index (χ1) is 8.06. The number of amides is 1.